The lowest BCUT2D eigenvalue weighted by Crippen LogP contribution is -2.31. The number of methoxy groups -OCH3 is 1. The van der Waals surface area contributed by atoms with Crippen molar-refractivity contribution in [3.63, 3.8) is 0 Å². The van der Waals surface area contributed by atoms with Gasteiger partial charge in [0.1, 0.15) is 11.8 Å². The van der Waals surface area contributed by atoms with Crippen LogP contribution in [-0.2, 0) is 13.0 Å². The first kappa shape index (κ1) is 13.3. The summed E-state index contributed by atoms with van der Waals surface area (Å²) in [6.45, 7) is 1.65. The first-order valence-corrected chi connectivity index (χ1v) is 6.91. The summed E-state index contributed by atoms with van der Waals surface area (Å²) in [7, 11) is 1.64. The summed E-state index contributed by atoms with van der Waals surface area (Å²) in [4.78, 5) is 2.21. The van der Waals surface area contributed by atoms with Crippen LogP contribution in [0.3, 0.4) is 0 Å². The lowest BCUT2D eigenvalue weighted by molar-refractivity contribution is 0.414. The number of benzene rings is 2. The molecule has 1 heterocycles. The number of hydrogen-bond acceptors (Lipinski definition) is 4. The summed E-state index contributed by atoms with van der Waals surface area (Å²) < 4.78 is 5.28. The second-order valence-corrected chi connectivity index (χ2v) is 5.19. The van der Waals surface area contributed by atoms with Crippen molar-refractivity contribution in [3.8, 4) is 11.8 Å². The van der Waals surface area contributed by atoms with E-state index in [1.807, 2.05) is 30.3 Å². The smallest absolute Gasteiger partial charge is 0.121 e. The van der Waals surface area contributed by atoms with E-state index in [1.165, 1.54) is 11.1 Å². The Bertz CT molecular complexity index is 718. The van der Waals surface area contributed by atoms with Crippen molar-refractivity contribution in [2.75, 3.05) is 24.3 Å². The van der Waals surface area contributed by atoms with Gasteiger partial charge in [0, 0.05) is 24.8 Å². The SMILES string of the molecule is COc1ccc(C#N)c(N2CCc3ccc(N)cc3C2)c1. The highest BCUT2D eigenvalue weighted by Gasteiger charge is 2.19. The van der Waals surface area contributed by atoms with Gasteiger partial charge in [0.05, 0.1) is 18.4 Å². The van der Waals surface area contributed by atoms with Crippen LogP contribution in [0.1, 0.15) is 16.7 Å². The topological polar surface area (TPSA) is 62.3 Å². The third-order valence-electron chi connectivity index (χ3n) is 3.91. The van der Waals surface area contributed by atoms with Crippen molar-refractivity contribution in [1.82, 2.24) is 0 Å². The standard InChI is InChI=1S/C17H17N3O/c1-21-16-5-3-13(10-18)17(9-16)20-7-6-12-2-4-15(19)8-14(12)11-20/h2-5,8-9H,6-7,11,19H2,1H3. The van der Waals surface area contributed by atoms with E-state index >= 15 is 0 Å². The molecule has 21 heavy (non-hydrogen) atoms. The Morgan fingerprint density at radius 3 is 2.81 bits per heavy atom. The molecule has 0 aromatic heterocycles. The number of nitrogen functional groups attached to an aromatic ring is 1. The monoisotopic (exact) mass is 279 g/mol. The van der Waals surface area contributed by atoms with Gasteiger partial charge in [-0.05, 0) is 41.8 Å². The van der Waals surface area contributed by atoms with Crippen molar-refractivity contribution in [1.29, 1.82) is 5.26 Å². The zero-order valence-corrected chi connectivity index (χ0v) is 12.0. The Labute approximate surface area is 124 Å². The molecular formula is C17H17N3O. The molecule has 1 aliphatic rings. The second-order valence-electron chi connectivity index (χ2n) is 5.19. The summed E-state index contributed by atoms with van der Waals surface area (Å²) >= 11 is 0. The maximum atomic E-state index is 9.31. The molecular weight excluding hydrogens is 262 g/mol. The summed E-state index contributed by atoms with van der Waals surface area (Å²) in [6.07, 6.45) is 0.956. The molecule has 4 heteroatoms. The van der Waals surface area contributed by atoms with Crippen LogP contribution in [-0.4, -0.2) is 13.7 Å². The van der Waals surface area contributed by atoms with Gasteiger partial charge < -0.3 is 15.4 Å². The van der Waals surface area contributed by atoms with Gasteiger partial charge in [-0.3, -0.25) is 0 Å². The number of rotatable bonds is 2. The number of fused-ring (bicyclic) bond motifs is 1. The fraction of sp³-hybridized carbons (Fsp3) is 0.235. The number of nitrogens with two attached hydrogens (primary N) is 1. The fourth-order valence-corrected chi connectivity index (χ4v) is 2.78. The molecule has 1 aliphatic heterocycles. The normalized spacial score (nSPS) is 13.4. The van der Waals surface area contributed by atoms with Gasteiger partial charge in [-0.25, -0.2) is 0 Å². The van der Waals surface area contributed by atoms with Crippen LogP contribution in [0, 0.1) is 11.3 Å². The van der Waals surface area contributed by atoms with Gasteiger partial charge in [-0.2, -0.15) is 5.26 Å². The van der Waals surface area contributed by atoms with E-state index in [2.05, 4.69) is 17.0 Å². The molecule has 0 fully saturated rings. The maximum Gasteiger partial charge on any atom is 0.121 e. The molecule has 4 nitrogen and oxygen atoms in total. The van der Waals surface area contributed by atoms with Crippen LogP contribution in [0.15, 0.2) is 36.4 Å². The number of nitrogens with zero attached hydrogens (tertiary/aromatic N) is 2. The van der Waals surface area contributed by atoms with Crippen molar-refractivity contribution in [3.05, 3.63) is 53.1 Å². The average molecular weight is 279 g/mol. The summed E-state index contributed by atoms with van der Waals surface area (Å²) in [5, 5.41) is 9.31. The molecule has 0 radical (unpaired) electrons. The molecule has 2 N–H and O–H groups in total. The molecule has 0 saturated heterocycles. The molecule has 0 unspecified atom stereocenters. The molecule has 3 rings (SSSR count). The Balaban J connectivity index is 1.97. The quantitative estimate of drug-likeness (QED) is 0.859. The van der Waals surface area contributed by atoms with E-state index < -0.39 is 0 Å². The largest absolute Gasteiger partial charge is 0.497 e. The average Bonchev–Trinajstić information content (AvgIpc) is 2.53. The van der Waals surface area contributed by atoms with Gasteiger partial charge in [0.15, 0.2) is 0 Å². The predicted molar refractivity (Wildman–Crippen MR) is 83.3 cm³/mol. The van der Waals surface area contributed by atoms with Crippen LogP contribution < -0.4 is 15.4 Å². The Morgan fingerprint density at radius 2 is 2.05 bits per heavy atom. The van der Waals surface area contributed by atoms with Crippen molar-refractivity contribution in [2.45, 2.75) is 13.0 Å². The van der Waals surface area contributed by atoms with E-state index in [0.717, 1.165) is 36.6 Å². The Kier molecular flexibility index (Phi) is 3.41. The highest BCUT2D eigenvalue weighted by molar-refractivity contribution is 5.63. The van der Waals surface area contributed by atoms with E-state index in [9.17, 15) is 5.26 Å². The molecule has 0 amide bonds. The summed E-state index contributed by atoms with van der Waals surface area (Å²) in [5.74, 6) is 0.766. The summed E-state index contributed by atoms with van der Waals surface area (Å²) in [5.41, 5.74) is 10.8. The molecule has 0 bridgehead atoms. The second kappa shape index (κ2) is 5.37. The highest BCUT2D eigenvalue weighted by atomic mass is 16.5. The molecule has 0 saturated carbocycles. The Hall–Kier alpha value is -2.67. The van der Waals surface area contributed by atoms with Crippen LogP contribution >= 0.6 is 0 Å². The molecule has 106 valence electrons. The molecule has 2 aromatic rings. The molecule has 2 aromatic carbocycles. The summed E-state index contributed by atoms with van der Waals surface area (Å²) in [6, 6.07) is 13.9. The van der Waals surface area contributed by atoms with Crippen LogP contribution in [0.4, 0.5) is 11.4 Å². The van der Waals surface area contributed by atoms with E-state index in [1.54, 1.807) is 7.11 Å². The molecule has 0 atom stereocenters. The van der Waals surface area contributed by atoms with Gasteiger partial charge in [0.25, 0.3) is 0 Å². The third kappa shape index (κ3) is 2.50. The zero-order valence-electron chi connectivity index (χ0n) is 12.0. The number of nitriles is 1. The fourth-order valence-electron chi connectivity index (χ4n) is 2.78. The van der Waals surface area contributed by atoms with E-state index in [0.29, 0.717) is 5.56 Å². The molecule has 0 spiro atoms. The lowest BCUT2D eigenvalue weighted by atomic mass is 9.98. The van der Waals surface area contributed by atoms with Gasteiger partial charge in [0.2, 0.25) is 0 Å². The number of hydrogen-bond donors (Lipinski definition) is 1. The zero-order chi connectivity index (χ0) is 14.8. The van der Waals surface area contributed by atoms with Crippen LogP contribution in [0.25, 0.3) is 0 Å². The minimum absolute atomic E-state index is 0.670. The van der Waals surface area contributed by atoms with Crippen LogP contribution in [0.2, 0.25) is 0 Å². The van der Waals surface area contributed by atoms with Gasteiger partial charge in [-0.15, -0.1) is 0 Å². The number of ether oxygens (including phenoxy) is 1. The first-order chi connectivity index (χ1) is 10.2. The van der Waals surface area contributed by atoms with E-state index in [-0.39, 0.29) is 0 Å². The highest BCUT2D eigenvalue weighted by Crippen LogP contribution is 2.30. The predicted octanol–water partition coefficient (Wildman–Crippen LogP) is 2.71. The number of anilines is 2. The van der Waals surface area contributed by atoms with Gasteiger partial charge >= 0.3 is 0 Å². The Morgan fingerprint density at radius 1 is 1.19 bits per heavy atom. The molecule has 0 aliphatic carbocycles. The van der Waals surface area contributed by atoms with Crippen LogP contribution in [0.5, 0.6) is 5.75 Å². The minimum Gasteiger partial charge on any atom is -0.497 e. The first-order valence-electron chi connectivity index (χ1n) is 6.91. The van der Waals surface area contributed by atoms with Crippen molar-refractivity contribution < 1.29 is 4.74 Å². The minimum atomic E-state index is 0.670. The third-order valence-corrected chi connectivity index (χ3v) is 3.91. The lowest BCUT2D eigenvalue weighted by Gasteiger charge is -2.31. The van der Waals surface area contributed by atoms with E-state index in [4.69, 9.17) is 10.5 Å². The van der Waals surface area contributed by atoms with Gasteiger partial charge in [-0.1, -0.05) is 6.07 Å². The van der Waals surface area contributed by atoms with Crippen molar-refractivity contribution >= 4 is 11.4 Å². The van der Waals surface area contributed by atoms with Crippen molar-refractivity contribution in [2.24, 2.45) is 0 Å². The maximum absolute atomic E-state index is 9.31.